The van der Waals surface area contributed by atoms with E-state index in [0.717, 1.165) is 24.7 Å². The van der Waals surface area contributed by atoms with Gasteiger partial charge in [-0.1, -0.05) is 0 Å². The fourth-order valence-electron chi connectivity index (χ4n) is 5.60. The number of piperidine rings is 1. The summed E-state index contributed by atoms with van der Waals surface area (Å²) in [4.78, 5) is 23.8. The topological polar surface area (TPSA) is 170 Å². The summed E-state index contributed by atoms with van der Waals surface area (Å²) >= 11 is 0. The second kappa shape index (κ2) is 7.60. The standard InChI is InChI=1S/C21H24N10O3S/c1-29-9-12(7-25-29)15-8-26-31-18(22)17(35(2,33)34)16(27-20(15)31)11-5-13-3-4-14(6-11)30(13)21(32)19-23-10-24-28-19/h7-11,13-14H,3-6,22H2,1-2H3,(H,23,24,28)/t13-,14-/m1/s1. The highest BCUT2D eigenvalue weighted by Crippen LogP contribution is 2.45. The van der Waals surface area contributed by atoms with Crippen LogP contribution in [0.1, 0.15) is 47.9 Å². The summed E-state index contributed by atoms with van der Waals surface area (Å²) in [6, 6.07) is -0.101. The Morgan fingerprint density at radius 1 is 1.17 bits per heavy atom. The average Bonchev–Trinajstić information content (AvgIpc) is 3.59. The van der Waals surface area contributed by atoms with Crippen LogP contribution in [-0.4, -0.2) is 77.1 Å². The summed E-state index contributed by atoms with van der Waals surface area (Å²) in [5.41, 5.74) is 8.84. The summed E-state index contributed by atoms with van der Waals surface area (Å²) in [7, 11) is -1.89. The van der Waals surface area contributed by atoms with E-state index in [1.54, 1.807) is 17.1 Å². The maximum absolute atomic E-state index is 13.0. The molecule has 3 N–H and O–H groups in total. The fraction of sp³-hybridized carbons (Fsp3) is 0.429. The van der Waals surface area contributed by atoms with Crippen LogP contribution in [0, 0.1) is 0 Å². The predicted molar refractivity (Wildman–Crippen MR) is 124 cm³/mol. The number of H-pyrrole nitrogens is 1. The van der Waals surface area contributed by atoms with Crippen LogP contribution in [0.2, 0.25) is 0 Å². The predicted octanol–water partition coefficient (Wildman–Crippen LogP) is 0.784. The maximum Gasteiger partial charge on any atom is 0.291 e. The molecule has 2 bridgehead atoms. The molecule has 0 aromatic carbocycles. The zero-order chi connectivity index (χ0) is 24.5. The van der Waals surface area contributed by atoms with E-state index in [-0.39, 0.29) is 40.4 Å². The van der Waals surface area contributed by atoms with Crippen LogP contribution in [0.4, 0.5) is 5.82 Å². The SMILES string of the molecule is Cn1cc(-c2cnn3c(N)c(S(C)(=O)=O)c(C4C[C@H]5CC[C@H](C4)N5C(=O)c4ncn[nH]4)nc23)cn1. The molecule has 4 aromatic heterocycles. The number of aryl methyl sites for hydroxylation is 1. The van der Waals surface area contributed by atoms with Gasteiger partial charge in [0.15, 0.2) is 15.5 Å². The number of aromatic amines is 1. The first kappa shape index (κ1) is 21.7. The highest BCUT2D eigenvalue weighted by molar-refractivity contribution is 7.91. The Bertz CT molecular complexity index is 1540. The van der Waals surface area contributed by atoms with Crippen LogP contribution < -0.4 is 5.73 Å². The van der Waals surface area contributed by atoms with Crippen LogP contribution in [0.3, 0.4) is 0 Å². The molecule has 2 saturated heterocycles. The van der Waals surface area contributed by atoms with Crippen molar-refractivity contribution in [2.45, 2.75) is 48.6 Å². The third-order valence-corrected chi connectivity index (χ3v) is 8.18. The number of carbonyl (C=O) groups is 1. The molecule has 0 spiro atoms. The van der Waals surface area contributed by atoms with Gasteiger partial charge in [-0.15, -0.1) is 0 Å². The molecule has 13 nitrogen and oxygen atoms in total. The Kier molecular flexibility index (Phi) is 4.71. The minimum atomic E-state index is -3.70. The molecule has 0 radical (unpaired) electrons. The van der Waals surface area contributed by atoms with Crippen molar-refractivity contribution in [1.82, 2.24) is 44.5 Å². The van der Waals surface area contributed by atoms with Gasteiger partial charge in [-0.25, -0.2) is 18.4 Å². The first-order valence-electron chi connectivity index (χ1n) is 11.3. The molecule has 1 amide bonds. The molecule has 182 valence electrons. The van der Waals surface area contributed by atoms with Gasteiger partial charge in [-0.2, -0.15) is 19.8 Å². The second-order valence-electron chi connectivity index (χ2n) is 9.28. The van der Waals surface area contributed by atoms with E-state index in [9.17, 15) is 13.2 Å². The largest absolute Gasteiger partial charge is 0.382 e. The molecule has 0 saturated carbocycles. The molecule has 2 aliphatic rings. The molecule has 2 fully saturated rings. The first-order valence-corrected chi connectivity index (χ1v) is 13.2. The Morgan fingerprint density at radius 3 is 2.51 bits per heavy atom. The third-order valence-electron chi connectivity index (χ3n) is 7.02. The maximum atomic E-state index is 13.0. The van der Waals surface area contributed by atoms with Gasteiger partial charge in [0, 0.05) is 48.6 Å². The molecular formula is C21H24N10O3S. The molecule has 14 heteroatoms. The van der Waals surface area contributed by atoms with Crippen LogP contribution in [0.5, 0.6) is 0 Å². The van der Waals surface area contributed by atoms with Gasteiger partial charge in [-0.05, 0) is 25.7 Å². The normalized spacial score (nSPS) is 22.2. The number of amides is 1. The Hall–Kier alpha value is -3.81. The van der Waals surface area contributed by atoms with E-state index in [0.29, 0.717) is 29.7 Å². The molecule has 0 unspecified atom stereocenters. The second-order valence-corrected chi connectivity index (χ2v) is 11.2. The number of carbonyl (C=O) groups excluding carboxylic acids is 1. The zero-order valence-corrected chi connectivity index (χ0v) is 20.0. The number of nitrogens with zero attached hydrogens (tertiary/aromatic N) is 8. The van der Waals surface area contributed by atoms with Crippen molar-refractivity contribution in [3.8, 4) is 11.1 Å². The lowest BCUT2D eigenvalue weighted by Gasteiger charge is -2.38. The summed E-state index contributed by atoms with van der Waals surface area (Å²) in [5.74, 6) is -0.120. The Morgan fingerprint density at radius 2 is 1.91 bits per heavy atom. The number of hydrogen-bond donors (Lipinski definition) is 2. The van der Waals surface area contributed by atoms with Crippen LogP contribution in [-0.2, 0) is 16.9 Å². The molecule has 6 rings (SSSR count). The van der Waals surface area contributed by atoms with Gasteiger partial charge in [0.1, 0.15) is 17.0 Å². The van der Waals surface area contributed by atoms with Crippen molar-refractivity contribution in [3.63, 3.8) is 0 Å². The number of hydrogen-bond acceptors (Lipinski definition) is 9. The van der Waals surface area contributed by atoms with Crippen LogP contribution in [0.25, 0.3) is 16.8 Å². The molecule has 4 aromatic rings. The monoisotopic (exact) mass is 496 g/mol. The minimum Gasteiger partial charge on any atom is -0.382 e. The number of nitrogens with two attached hydrogens (primary N) is 1. The number of aromatic nitrogens is 8. The quantitative estimate of drug-likeness (QED) is 0.414. The van der Waals surface area contributed by atoms with Crippen molar-refractivity contribution in [3.05, 3.63) is 36.4 Å². The lowest BCUT2D eigenvalue weighted by Crippen LogP contribution is -2.46. The summed E-state index contributed by atoms with van der Waals surface area (Å²) in [5, 5.41) is 15.0. The number of sulfone groups is 1. The van der Waals surface area contributed by atoms with E-state index in [1.165, 1.54) is 10.8 Å². The molecule has 2 atom stereocenters. The number of fused-ring (bicyclic) bond motifs is 3. The van der Waals surface area contributed by atoms with Gasteiger partial charge in [0.05, 0.1) is 18.1 Å². The van der Waals surface area contributed by atoms with E-state index >= 15 is 0 Å². The van der Waals surface area contributed by atoms with Crippen molar-refractivity contribution in [2.75, 3.05) is 12.0 Å². The zero-order valence-electron chi connectivity index (χ0n) is 19.2. The van der Waals surface area contributed by atoms with E-state index in [4.69, 9.17) is 10.7 Å². The van der Waals surface area contributed by atoms with Crippen molar-refractivity contribution in [1.29, 1.82) is 0 Å². The van der Waals surface area contributed by atoms with Gasteiger partial charge < -0.3 is 10.6 Å². The Balaban J connectivity index is 1.45. The number of nitrogens with one attached hydrogen (secondary N) is 1. The van der Waals surface area contributed by atoms with Crippen LogP contribution >= 0.6 is 0 Å². The summed E-state index contributed by atoms with van der Waals surface area (Å²) in [6.45, 7) is 0. The lowest BCUT2D eigenvalue weighted by atomic mass is 9.87. The lowest BCUT2D eigenvalue weighted by molar-refractivity contribution is 0.0556. The van der Waals surface area contributed by atoms with Crippen molar-refractivity contribution >= 4 is 27.2 Å². The minimum absolute atomic E-state index is 0.00486. The van der Waals surface area contributed by atoms with Gasteiger partial charge in [-0.3, -0.25) is 14.6 Å². The average molecular weight is 497 g/mol. The van der Waals surface area contributed by atoms with Gasteiger partial charge in [0.2, 0.25) is 5.82 Å². The number of anilines is 1. The van der Waals surface area contributed by atoms with Gasteiger partial charge >= 0.3 is 0 Å². The molecular weight excluding hydrogens is 472 g/mol. The van der Waals surface area contributed by atoms with Gasteiger partial charge in [0.25, 0.3) is 5.91 Å². The first-order chi connectivity index (χ1) is 16.7. The third kappa shape index (κ3) is 3.38. The Labute approximate surface area is 200 Å². The van der Waals surface area contributed by atoms with Crippen molar-refractivity contribution < 1.29 is 13.2 Å². The van der Waals surface area contributed by atoms with Crippen molar-refractivity contribution in [2.24, 2.45) is 7.05 Å². The highest BCUT2D eigenvalue weighted by Gasteiger charge is 2.46. The molecule has 2 aliphatic heterocycles. The number of rotatable bonds is 4. The molecule has 0 aliphatic carbocycles. The molecule has 6 heterocycles. The fourth-order valence-corrected chi connectivity index (χ4v) is 6.66. The summed E-state index contributed by atoms with van der Waals surface area (Å²) < 4.78 is 28.8. The number of nitrogen functional groups attached to an aromatic ring is 1. The highest BCUT2D eigenvalue weighted by atomic mass is 32.2. The smallest absolute Gasteiger partial charge is 0.291 e. The van der Waals surface area contributed by atoms with Crippen LogP contribution in [0.15, 0.2) is 29.8 Å². The molecule has 35 heavy (non-hydrogen) atoms. The van der Waals surface area contributed by atoms with E-state index in [2.05, 4.69) is 25.4 Å². The van der Waals surface area contributed by atoms with E-state index in [1.807, 2.05) is 18.1 Å². The summed E-state index contributed by atoms with van der Waals surface area (Å²) in [6.07, 6.45) is 10.4. The van der Waals surface area contributed by atoms with E-state index < -0.39 is 9.84 Å².